The van der Waals surface area contributed by atoms with E-state index in [1.54, 1.807) is 44.2 Å². The second-order valence-electron chi connectivity index (χ2n) is 18.2. The van der Waals surface area contributed by atoms with Crippen LogP contribution in [0.3, 0.4) is 0 Å². The lowest BCUT2D eigenvalue weighted by Crippen LogP contribution is -2.60. The highest BCUT2D eigenvalue weighted by Gasteiger charge is 2.41. The summed E-state index contributed by atoms with van der Waals surface area (Å²) in [7, 11) is -2.26. The number of amides is 4. The van der Waals surface area contributed by atoms with Gasteiger partial charge in [-0.15, -0.1) is 6.42 Å². The summed E-state index contributed by atoms with van der Waals surface area (Å²) >= 11 is 0. The second kappa shape index (κ2) is 27.4. The number of morpholine rings is 1. The van der Waals surface area contributed by atoms with Crippen LogP contribution in [-0.2, 0) is 55.9 Å². The molecule has 0 saturated carbocycles. The molecule has 0 aliphatic carbocycles. The zero-order chi connectivity index (χ0) is 51.4. The Morgan fingerprint density at radius 1 is 0.771 bits per heavy atom. The van der Waals surface area contributed by atoms with Crippen LogP contribution in [0.5, 0.6) is 17.2 Å². The Hall–Kier alpha value is -6.04. The Kier molecular flexibility index (Phi) is 22.1. The number of nitrogens with one attached hydrogen (secondary N) is 4. The molecule has 3 aromatic rings. The fraction of sp³-hybridized carbons (Fsp3) is 0.510. The van der Waals surface area contributed by atoms with Gasteiger partial charge in [0.05, 0.1) is 40.0 Å². The van der Waals surface area contributed by atoms with E-state index in [-0.39, 0.29) is 73.8 Å². The molecule has 1 heterocycles. The summed E-state index contributed by atoms with van der Waals surface area (Å²) in [6.45, 7) is 9.17. The fourth-order valence-corrected chi connectivity index (χ4v) is 8.96. The zero-order valence-corrected chi connectivity index (χ0v) is 42.0. The molecule has 1 aliphatic heterocycles. The number of nitrogens with zero attached hydrogens (tertiary/aromatic N) is 1. The fourth-order valence-electron chi connectivity index (χ4n) is 7.70. The first kappa shape index (κ1) is 56.5. The first-order valence-corrected chi connectivity index (χ1v) is 24.7. The van der Waals surface area contributed by atoms with Crippen molar-refractivity contribution in [2.45, 2.75) is 101 Å². The summed E-state index contributed by atoms with van der Waals surface area (Å²) in [5.74, 6) is -1.76. The Morgan fingerprint density at radius 3 is 1.90 bits per heavy atom. The van der Waals surface area contributed by atoms with Gasteiger partial charge in [-0.3, -0.25) is 33.1 Å². The number of terminal acetylenes is 1. The predicted octanol–water partition coefficient (Wildman–Crippen LogP) is 2.98. The van der Waals surface area contributed by atoms with Gasteiger partial charge in [-0.1, -0.05) is 94.3 Å². The molecule has 0 aromatic heterocycles. The summed E-state index contributed by atoms with van der Waals surface area (Å²) in [6, 6.07) is 16.0. The summed E-state index contributed by atoms with van der Waals surface area (Å²) < 4.78 is 54.2. The van der Waals surface area contributed by atoms with Gasteiger partial charge in [0.15, 0.2) is 10.7 Å². The van der Waals surface area contributed by atoms with E-state index >= 15 is 0 Å². The van der Waals surface area contributed by atoms with Crippen LogP contribution in [0.25, 0.3) is 0 Å². The van der Waals surface area contributed by atoms with E-state index in [0.29, 0.717) is 38.3 Å². The summed E-state index contributed by atoms with van der Waals surface area (Å²) in [5.41, 5.74) is -0.885. The van der Waals surface area contributed by atoms with Gasteiger partial charge in [-0.25, -0.2) is 0 Å². The molecule has 4 amide bonds. The topological polar surface area (TPSA) is 237 Å². The van der Waals surface area contributed by atoms with Crippen LogP contribution in [0.2, 0.25) is 0 Å². The number of carbonyl (C=O) groups excluding carboxylic acids is 5. The molecule has 3 aromatic carbocycles. The third-order valence-corrected chi connectivity index (χ3v) is 12.7. The Labute approximate surface area is 412 Å². The Morgan fingerprint density at radius 2 is 1.31 bits per heavy atom. The number of ketones is 1. The van der Waals surface area contributed by atoms with E-state index in [9.17, 15) is 37.5 Å². The van der Waals surface area contributed by atoms with Crippen molar-refractivity contribution >= 4 is 39.5 Å². The molecule has 5 unspecified atom stereocenters. The number of hydrogen-bond acceptors (Lipinski definition) is 14. The molecule has 1 fully saturated rings. The molecule has 5 atom stereocenters. The van der Waals surface area contributed by atoms with E-state index in [4.69, 9.17) is 29.6 Å². The quantitative estimate of drug-likeness (QED) is 0.0520. The van der Waals surface area contributed by atoms with Crippen molar-refractivity contribution < 1.29 is 60.6 Å². The smallest absolute Gasteiger partial charge is 0.304 e. The number of methoxy groups -OCH3 is 2. The van der Waals surface area contributed by atoms with Crippen molar-refractivity contribution in [2.75, 3.05) is 60.3 Å². The lowest BCUT2D eigenvalue weighted by atomic mass is 9.90. The lowest BCUT2D eigenvalue weighted by Gasteiger charge is -2.30. The number of benzene rings is 3. The summed E-state index contributed by atoms with van der Waals surface area (Å²) in [5, 5.41) is 22.9. The number of aliphatic hydroxyl groups is 1. The normalized spacial score (nSPS) is 15.6. The van der Waals surface area contributed by atoms with Gasteiger partial charge in [0.2, 0.25) is 23.6 Å². The lowest BCUT2D eigenvalue weighted by molar-refractivity contribution is -0.143. The molecule has 0 bridgehead atoms. The largest absolute Gasteiger partial charge is 0.496 e. The average molecular weight is 992 g/mol. The van der Waals surface area contributed by atoms with Crippen LogP contribution < -0.4 is 35.5 Å². The first-order valence-electron chi connectivity index (χ1n) is 23.3. The van der Waals surface area contributed by atoms with Crippen molar-refractivity contribution in [3.63, 3.8) is 0 Å². The van der Waals surface area contributed by atoms with Gasteiger partial charge in [-0.05, 0) is 55.6 Å². The highest BCUT2D eigenvalue weighted by molar-refractivity contribution is 7.87. The van der Waals surface area contributed by atoms with Gasteiger partial charge >= 0.3 is 10.1 Å². The van der Waals surface area contributed by atoms with Gasteiger partial charge < -0.3 is 45.3 Å². The molecular weight excluding hydrogens is 923 g/mol. The van der Waals surface area contributed by atoms with Gasteiger partial charge in [0, 0.05) is 31.6 Å². The highest BCUT2D eigenvalue weighted by atomic mass is 32.2. The van der Waals surface area contributed by atoms with Crippen LogP contribution in [0.4, 0.5) is 0 Å². The molecule has 1 saturated heterocycles. The van der Waals surface area contributed by atoms with Crippen molar-refractivity contribution in [3.8, 4) is 29.6 Å². The second-order valence-corrected chi connectivity index (χ2v) is 19.7. The van der Waals surface area contributed by atoms with Crippen LogP contribution in [-0.4, -0.2) is 138 Å². The van der Waals surface area contributed by atoms with Crippen molar-refractivity contribution in [2.24, 2.45) is 11.8 Å². The van der Waals surface area contributed by atoms with E-state index in [1.807, 2.05) is 49.1 Å². The van der Waals surface area contributed by atoms with Crippen LogP contribution in [0.15, 0.2) is 77.7 Å². The highest BCUT2D eigenvalue weighted by Crippen LogP contribution is 2.39. The summed E-state index contributed by atoms with van der Waals surface area (Å²) in [4.78, 5) is 72.0. The van der Waals surface area contributed by atoms with Crippen LogP contribution in [0, 0.1) is 24.2 Å². The molecule has 0 radical (unpaired) electrons. The number of rotatable bonds is 28. The molecule has 70 heavy (non-hydrogen) atoms. The number of carbonyl (C=O) groups is 5. The number of hydrogen-bond donors (Lipinski definition) is 5. The molecule has 18 nitrogen and oxygen atoms in total. The predicted molar refractivity (Wildman–Crippen MR) is 261 cm³/mol. The van der Waals surface area contributed by atoms with E-state index in [1.165, 1.54) is 26.4 Å². The Balaban J connectivity index is 1.57. The molecule has 19 heteroatoms. The van der Waals surface area contributed by atoms with Gasteiger partial charge in [0.25, 0.3) is 0 Å². The molecule has 0 spiro atoms. The SMILES string of the molecule is C#CCOc1cc(OC)cc(OC)c1S(=O)(=O)OCC(C)(O)C(=O)C(CC(C)C)NC(=O)C(Cc1ccccc1)NC(=O)C(CC(C)C)NC(=O)C(CCc1ccccc1)NC(=O)CN1CCOCC1. The standard InChI is InChI=1S/C51H69N5O13S/c1-9-24-68-44-31-38(65-7)30-43(66-8)46(44)70(63,64)69-33-51(6,62)47(58)40(27-34(2)3)53-50(61)42(29-37-18-14-11-15-19-37)55-49(60)41(28-35(4)5)54-48(59)39(21-20-36-16-12-10-13-17-36)52-45(57)32-56-22-25-67-26-23-56/h1,10-19,30-31,34-35,39-42,62H,20-29,32-33H2,2-8H3,(H,52,57)(H,53,61)(H,54,59)(H,55,60). The van der Waals surface area contributed by atoms with Crippen LogP contribution >= 0.6 is 0 Å². The minimum Gasteiger partial charge on any atom is -0.496 e. The zero-order valence-electron chi connectivity index (χ0n) is 41.2. The van der Waals surface area contributed by atoms with E-state index in [2.05, 4.69) is 27.2 Å². The maximum Gasteiger partial charge on any atom is 0.304 e. The molecule has 5 N–H and O–H groups in total. The summed E-state index contributed by atoms with van der Waals surface area (Å²) in [6.07, 6.45) is 6.19. The average Bonchev–Trinajstić information content (AvgIpc) is 3.33. The minimum absolute atomic E-state index is 0.00349. The van der Waals surface area contributed by atoms with E-state index in [0.717, 1.165) is 12.5 Å². The Bertz CT molecular complexity index is 2350. The van der Waals surface area contributed by atoms with Crippen LogP contribution in [0.1, 0.15) is 65.0 Å². The molecule has 4 rings (SSSR count). The number of ether oxygens (including phenoxy) is 4. The van der Waals surface area contributed by atoms with Crippen molar-refractivity contribution in [3.05, 3.63) is 83.9 Å². The third-order valence-electron chi connectivity index (χ3n) is 11.3. The maximum atomic E-state index is 14.4. The number of aryl methyl sites for hydroxylation is 1. The molecule has 382 valence electrons. The number of Topliss-reactive ketones (excluding diaryl/α,β-unsaturated/α-hetero) is 1. The molecule has 1 aliphatic rings. The monoisotopic (exact) mass is 991 g/mol. The van der Waals surface area contributed by atoms with E-state index < -0.39 is 74.9 Å². The third kappa shape index (κ3) is 17.7. The molecular formula is C51H69N5O13S. The van der Waals surface area contributed by atoms with Crippen molar-refractivity contribution in [1.29, 1.82) is 0 Å². The first-order chi connectivity index (χ1) is 33.3. The van der Waals surface area contributed by atoms with Gasteiger partial charge in [0.1, 0.15) is 54.2 Å². The minimum atomic E-state index is -4.83. The van der Waals surface area contributed by atoms with Crippen molar-refractivity contribution in [1.82, 2.24) is 26.2 Å². The van der Waals surface area contributed by atoms with Gasteiger partial charge in [-0.2, -0.15) is 8.42 Å². The maximum absolute atomic E-state index is 14.4.